The van der Waals surface area contributed by atoms with E-state index in [2.05, 4.69) is 5.32 Å². The Balaban J connectivity index is 1.49. The highest BCUT2D eigenvalue weighted by Crippen LogP contribution is 2.29. The van der Waals surface area contributed by atoms with Crippen LogP contribution in [0.15, 0.2) is 48.5 Å². The molecular weight excluding hydrogens is 290 g/mol. The first-order chi connectivity index (χ1) is 11.1. The molecule has 4 nitrogen and oxygen atoms in total. The van der Waals surface area contributed by atoms with Crippen molar-refractivity contribution in [3.63, 3.8) is 0 Å². The zero-order valence-corrected chi connectivity index (χ0v) is 13.2. The maximum atomic E-state index is 12.0. The van der Waals surface area contributed by atoms with Crippen LogP contribution >= 0.6 is 0 Å². The lowest BCUT2D eigenvalue weighted by molar-refractivity contribution is -0.124. The summed E-state index contributed by atoms with van der Waals surface area (Å²) >= 11 is 0. The number of carbonyl (C=O) groups is 1. The highest BCUT2D eigenvalue weighted by atomic mass is 16.5. The van der Waals surface area contributed by atoms with Crippen LogP contribution in [0.5, 0.6) is 5.75 Å². The summed E-state index contributed by atoms with van der Waals surface area (Å²) in [4.78, 5) is 12.0. The summed E-state index contributed by atoms with van der Waals surface area (Å²) in [5.41, 5.74) is 2.40. The van der Waals surface area contributed by atoms with Crippen LogP contribution in [0.1, 0.15) is 16.7 Å². The third-order valence-electron chi connectivity index (χ3n) is 4.22. The maximum absolute atomic E-state index is 12.0. The zero-order chi connectivity index (χ0) is 16.3. The third-order valence-corrected chi connectivity index (χ3v) is 4.22. The molecule has 1 aliphatic rings. The van der Waals surface area contributed by atoms with E-state index in [9.17, 15) is 9.90 Å². The summed E-state index contributed by atoms with van der Waals surface area (Å²) in [6.45, 7) is 2.12. The van der Waals surface area contributed by atoms with Crippen LogP contribution in [-0.4, -0.2) is 29.8 Å². The fourth-order valence-corrected chi connectivity index (χ4v) is 2.97. The topological polar surface area (TPSA) is 58.6 Å². The largest absolute Gasteiger partial charge is 0.484 e. The number of para-hydroxylation sites is 1. The van der Waals surface area contributed by atoms with E-state index in [1.807, 2.05) is 55.5 Å². The summed E-state index contributed by atoms with van der Waals surface area (Å²) in [6.07, 6.45) is 1.14. The van der Waals surface area contributed by atoms with Crippen molar-refractivity contribution in [3.8, 4) is 5.75 Å². The lowest BCUT2D eigenvalue weighted by Gasteiger charge is -2.22. The van der Waals surface area contributed by atoms with Crippen LogP contribution in [0.25, 0.3) is 0 Å². The molecule has 120 valence electrons. The second-order valence-electron chi connectivity index (χ2n) is 6.18. The van der Waals surface area contributed by atoms with Gasteiger partial charge in [-0.3, -0.25) is 4.79 Å². The van der Waals surface area contributed by atoms with Crippen LogP contribution in [0, 0.1) is 6.92 Å². The second kappa shape index (κ2) is 6.42. The van der Waals surface area contributed by atoms with Gasteiger partial charge >= 0.3 is 0 Å². The van der Waals surface area contributed by atoms with Gasteiger partial charge in [-0.1, -0.05) is 42.5 Å². The molecule has 1 amide bonds. The Morgan fingerprint density at radius 1 is 1.13 bits per heavy atom. The van der Waals surface area contributed by atoms with Crippen molar-refractivity contribution in [1.82, 2.24) is 5.32 Å². The van der Waals surface area contributed by atoms with Gasteiger partial charge < -0.3 is 15.2 Å². The minimum atomic E-state index is -0.901. The number of aryl methyl sites for hydroxylation is 1. The number of carbonyl (C=O) groups excluding carboxylic acids is 1. The van der Waals surface area contributed by atoms with Gasteiger partial charge in [-0.2, -0.15) is 0 Å². The number of rotatable bonds is 5. The van der Waals surface area contributed by atoms with E-state index in [0.29, 0.717) is 18.6 Å². The Labute approximate surface area is 136 Å². The average Bonchev–Trinajstić information content (AvgIpc) is 2.89. The average molecular weight is 311 g/mol. The number of benzene rings is 2. The number of ether oxygens (including phenoxy) is 1. The molecule has 1 aliphatic carbocycles. The number of hydrogen-bond acceptors (Lipinski definition) is 3. The highest BCUT2D eigenvalue weighted by Gasteiger charge is 2.35. The number of nitrogens with one attached hydrogen (secondary N) is 1. The summed E-state index contributed by atoms with van der Waals surface area (Å²) < 4.78 is 5.51. The number of aliphatic hydroxyl groups is 1. The quantitative estimate of drug-likeness (QED) is 0.888. The van der Waals surface area contributed by atoms with Gasteiger partial charge in [-0.15, -0.1) is 0 Å². The summed E-state index contributed by atoms with van der Waals surface area (Å²) in [5.74, 6) is 0.479. The molecule has 0 heterocycles. The SMILES string of the molecule is Cc1ccccc1OCC(=O)NCC1(O)Cc2ccccc2C1. The molecule has 0 saturated carbocycles. The van der Waals surface area contributed by atoms with Crippen molar-refractivity contribution >= 4 is 5.91 Å². The van der Waals surface area contributed by atoms with E-state index < -0.39 is 5.60 Å². The van der Waals surface area contributed by atoms with Gasteiger partial charge in [0.2, 0.25) is 0 Å². The molecule has 0 unspecified atom stereocenters. The summed E-state index contributed by atoms with van der Waals surface area (Å²) in [6, 6.07) is 15.6. The minimum absolute atomic E-state index is 0.0477. The van der Waals surface area contributed by atoms with Crippen LogP contribution in [0.3, 0.4) is 0 Å². The predicted octanol–water partition coefficient (Wildman–Crippen LogP) is 2.02. The molecule has 2 aromatic rings. The lowest BCUT2D eigenvalue weighted by atomic mass is 10.0. The van der Waals surface area contributed by atoms with Gasteiger partial charge in [0.05, 0.1) is 5.60 Å². The van der Waals surface area contributed by atoms with Crippen LogP contribution in [-0.2, 0) is 17.6 Å². The molecular formula is C19H21NO3. The van der Waals surface area contributed by atoms with Crippen molar-refractivity contribution in [1.29, 1.82) is 0 Å². The summed E-state index contributed by atoms with van der Waals surface area (Å²) in [7, 11) is 0. The monoisotopic (exact) mass is 311 g/mol. The first-order valence-electron chi connectivity index (χ1n) is 7.80. The third kappa shape index (κ3) is 3.71. The molecule has 0 aliphatic heterocycles. The van der Waals surface area contributed by atoms with Crippen molar-refractivity contribution in [2.24, 2.45) is 0 Å². The molecule has 23 heavy (non-hydrogen) atoms. The van der Waals surface area contributed by atoms with Crippen LogP contribution in [0.4, 0.5) is 0 Å². The first-order valence-corrected chi connectivity index (χ1v) is 7.80. The Bertz CT molecular complexity index is 686. The second-order valence-corrected chi connectivity index (χ2v) is 6.18. The number of amides is 1. The molecule has 0 bridgehead atoms. The van der Waals surface area contributed by atoms with Crippen molar-refractivity contribution < 1.29 is 14.6 Å². The van der Waals surface area contributed by atoms with E-state index >= 15 is 0 Å². The van der Waals surface area contributed by atoms with Gasteiger partial charge in [0.25, 0.3) is 5.91 Å². The fourth-order valence-electron chi connectivity index (χ4n) is 2.97. The van der Waals surface area contributed by atoms with E-state index in [0.717, 1.165) is 16.7 Å². The molecule has 0 saturated heterocycles. The molecule has 2 aromatic carbocycles. The van der Waals surface area contributed by atoms with E-state index in [1.165, 1.54) is 0 Å². The number of fused-ring (bicyclic) bond motifs is 1. The standard InChI is InChI=1S/C19H21NO3/c1-14-6-2-5-9-17(14)23-12-18(21)20-13-19(22)10-15-7-3-4-8-16(15)11-19/h2-9,22H,10-13H2,1H3,(H,20,21). The molecule has 4 heteroatoms. The van der Waals surface area contributed by atoms with Crippen LogP contribution < -0.4 is 10.1 Å². The zero-order valence-electron chi connectivity index (χ0n) is 13.2. The Morgan fingerprint density at radius 2 is 1.74 bits per heavy atom. The van der Waals surface area contributed by atoms with Crippen molar-refractivity contribution in [3.05, 3.63) is 65.2 Å². The smallest absolute Gasteiger partial charge is 0.258 e. The van der Waals surface area contributed by atoms with E-state index in [4.69, 9.17) is 4.74 Å². The Morgan fingerprint density at radius 3 is 2.39 bits per heavy atom. The van der Waals surface area contributed by atoms with Gasteiger partial charge in [0.1, 0.15) is 5.75 Å². The summed E-state index contributed by atoms with van der Waals surface area (Å²) in [5, 5.41) is 13.4. The van der Waals surface area contributed by atoms with Gasteiger partial charge in [0.15, 0.2) is 6.61 Å². The molecule has 3 rings (SSSR count). The van der Waals surface area contributed by atoms with Crippen molar-refractivity contribution in [2.75, 3.05) is 13.2 Å². The van der Waals surface area contributed by atoms with E-state index in [-0.39, 0.29) is 19.1 Å². The lowest BCUT2D eigenvalue weighted by Crippen LogP contribution is -2.45. The Kier molecular flexibility index (Phi) is 4.35. The van der Waals surface area contributed by atoms with Crippen LogP contribution in [0.2, 0.25) is 0 Å². The van der Waals surface area contributed by atoms with Gasteiger partial charge in [0, 0.05) is 19.4 Å². The van der Waals surface area contributed by atoms with Gasteiger partial charge in [-0.05, 0) is 29.7 Å². The molecule has 2 N–H and O–H groups in total. The van der Waals surface area contributed by atoms with E-state index in [1.54, 1.807) is 0 Å². The fraction of sp³-hybridized carbons (Fsp3) is 0.316. The Hall–Kier alpha value is -2.33. The molecule has 0 atom stereocenters. The van der Waals surface area contributed by atoms with Gasteiger partial charge in [-0.25, -0.2) is 0 Å². The normalized spacial score (nSPS) is 15.0. The molecule has 0 radical (unpaired) electrons. The highest BCUT2D eigenvalue weighted by molar-refractivity contribution is 5.77. The first kappa shape index (κ1) is 15.6. The van der Waals surface area contributed by atoms with Crippen molar-refractivity contribution in [2.45, 2.75) is 25.4 Å². The minimum Gasteiger partial charge on any atom is -0.484 e. The molecule has 0 aromatic heterocycles. The molecule has 0 fully saturated rings. The molecule has 0 spiro atoms. The number of hydrogen-bond donors (Lipinski definition) is 2. The predicted molar refractivity (Wildman–Crippen MR) is 88.5 cm³/mol. The maximum Gasteiger partial charge on any atom is 0.258 e.